The highest BCUT2D eigenvalue weighted by atomic mass is 16.6. The Hall–Kier alpha value is -4.40. The lowest BCUT2D eigenvalue weighted by molar-refractivity contribution is -0.384. The molecule has 0 radical (unpaired) electrons. The van der Waals surface area contributed by atoms with E-state index in [-0.39, 0.29) is 24.0 Å². The molecule has 9 heteroatoms. The van der Waals surface area contributed by atoms with Crippen LogP contribution in [-0.2, 0) is 4.74 Å². The number of hydrogen-bond acceptors (Lipinski definition) is 6. The van der Waals surface area contributed by atoms with Crippen molar-refractivity contribution in [1.82, 2.24) is 0 Å². The average Bonchev–Trinajstić information content (AvgIpc) is 3.10. The monoisotopic (exact) mass is 434 g/mol. The standard InChI is InChI=1S/C23H18N2O7/c1-31-21-11-19(20(25(29)30)10-17(21)22(26)27)24-23(28)32-12-18-15-8-4-2-6-13(15)14-7-3-5-9-16(14)18/h2-11,18H,12H2,1H3,(H,24,28)(H,26,27). The van der Waals surface area contributed by atoms with Gasteiger partial charge in [0.15, 0.2) is 0 Å². The Morgan fingerprint density at radius 3 is 2.19 bits per heavy atom. The Balaban J connectivity index is 1.55. The van der Waals surface area contributed by atoms with E-state index in [1.807, 2.05) is 48.5 Å². The molecule has 9 nitrogen and oxygen atoms in total. The highest BCUT2D eigenvalue weighted by molar-refractivity contribution is 5.96. The van der Waals surface area contributed by atoms with Crippen molar-refractivity contribution in [2.75, 3.05) is 19.0 Å². The van der Waals surface area contributed by atoms with E-state index in [9.17, 15) is 24.8 Å². The molecule has 0 fully saturated rings. The zero-order valence-electron chi connectivity index (χ0n) is 16.9. The molecular weight excluding hydrogens is 416 g/mol. The Labute approximate surface area is 182 Å². The van der Waals surface area contributed by atoms with Gasteiger partial charge < -0.3 is 14.6 Å². The number of nitro benzene ring substituents is 1. The van der Waals surface area contributed by atoms with Crippen molar-refractivity contribution in [2.45, 2.75) is 5.92 Å². The molecule has 2 N–H and O–H groups in total. The fraction of sp³-hybridized carbons (Fsp3) is 0.130. The number of hydrogen-bond donors (Lipinski definition) is 2. The van der Waals surface area contributed by atoms with Crippen LogP contribution in [0.25, 0.3) is 11.1 Å². The molecule has 32 heavy (non-hydrogen) atoms. The van der Waals surface area contributed by atoms with E-state index < -0.39 is 28.2 Å². The minimum atomic E-state index is -1.39. The van der Waals surface area contributed by atoms with E-state index in [4.69, 9.17) is 9.47 Å². The highest BCUT2D eigenvalue weighted by Crippen LogP contribution is 2.44. The zero-order valence-corrected chi connectivity index (χ0v) is 16.9. The molecule has 4 rings (SSSR count). The fourth-order valence-corrected chi connectivity index (χ4v) is 3.90. The number of benzene rings is 3. The van der Waals surface area contributed by atoms with Gasteiger partial charge in [0.05, 0.1) is 12.0 Å². The van der Waals surface area contributed by atoms with Gasteiger partial charge in [-0.1, -0.05) is 48.5 Å². The Bertz CT molecular complexity index is 1190. The number of carbonyl (C=O) groups excluding carboxylic acids is 1. The van der Waals surface area contributed by atoms with Gasteiger partial charge in [-0.05, 0) is 22.3 Å². The maximum Gasteiger partial charge on any atom is 0.411 e. The zero-order chi connectivity index (χ0) is 22.8. The van der Waals surface area contributed by atoms with Gasteiger partial charge in [0.2, 0.25) is 0 Å². The summed E-state index contributed by atoms with van der Waals surface area (Å²) in [6, 6.07) is 17.6. The lowest BCUT2D eigenvalue weighted by atomic mass is 9.98. The minimum Gasteiger partial charge on any atom is -0.496 e. The van der Waals surface area contributed by atoms with Gasteiger partial charge in [-0.2, -0.15) is 0 Å². The van der Waals surface area contributed by atoms with Gasteiger partial charge in [0.1, 0.15) is 23.6 Å². The first-order valence-electron chi connectivity index (χ1n) is 9.62. The average molecular weight is 434 g/mol. The Morgan fingerprint density at radius 2 is 1.66 bits per heavy atom. The first-order chi connectivity index (χ1) is 15.4. The second-order valence-corrected chi connectivity index (χ2v) is 7.08. The van der Waals surface area contributed by atoms with Crippen LogP contribution in [0.2, 0.25) is 0 Å². The highest BCUT2D eigenvalue weighted by Gasteiger charge is 2.29. The molecule has 0 heterocycles. The smallest absolute Gasteiger partial charge is 0.411 e. The number of carboxylic acid groups (broad SMARTS) is 1. The maximum atomic E-state index is 12.5. The van der Waals surface area contributed by atoms with E-state index in [2.05, 4.69) is 5.32 Å². The van der Waals surface area contributed by atoms with Crippen LogP contribution >= 0.6 is 0 Å². The minimum absolute atomic E-state index is 0.0258. The van der Waals surface area contributed by atoms with Crippen LogP contribution < -0.4 is 10.1 Å². The fourth-order valence-electron chi connectivity index (χ4n) is 3.90. The molecule has 0 bridgehead atoms. The second-order valence-electron chi connectivity index (χ2n) is 7.08. The number of nitro groups is 1. The SMILES string of the molecule is COc1cc(NC(=O)OCC2c3ccccc3-c3ccccc32)c([N+](=O)[O-])cc1C(=O)O. The molecule has 0 spiro atoms. The van der Waals surface area contributed by atoms with Crippen molar-refractivity contribution >= 4 is 23.4 Å². The molecule has 1 amide bonds. The number of anilines is 1. The van der Waals surface area contributed by atoms with Crippen LogP contribution in [0.3, 0.4) is 0 Å². The van der Waals surface area contributed by atoms with E-state index >= 15 is 0 Å². The molecule has 0 saturated heterocycles. The van der Waals surface area contributed by atoms with Gasteiger partial charge in [-0.25, -0.2) is 9.59 Å². The quantitative estimate of drug-likeness (QED) is 0.426. The number of carboxylic acids is 1. The third-order valence-corrected chi connectivity index (χ3v) is 5.33. The van der Waals surface area contributed by atoms with E-state index in [0.29, 0.717) is 0 Å². The summed E-state index contributed by atoms with van der Waals surface area (Å²) in [6.45, 7) is 0.0258. The molecule has 0 atom stereocenters. The van der Waals surface area contributed by atoms with Crippen molar-refractivity contribution in [2.24, 2.45) is 0 Å². The topological polar surface area (TPSA) is 128 Å². The predicted molar refractivity (Wildman–Crippen MR) is 115 cm³/mol. The van der Waals surface area contributed by atoms with Crippen LogP contribution in [0.5, 0.6) is 5.75 Å². The number of aromatic carboxylic acids is 1. The number of rotatable bonds is 6. The summed E-state index contributed by atoms with van der Waals surface area (Å²) < 4.78 is 10.4. The molecule has 0 unspecified atom stereocenters. The molecule has 1 aliphatic rings. The number of amides is 1. The Morgan fingerprint density at radius 1 is 1.06 bits per heavy atom. The van der Waals surface area contributed by atoms with Crippen molar-refractivity contribution in [1.29, 1.82) is 0 Å². The van der Waals surface area contributed by atoms with Gasteiger partial charge in [-0.15, -0.1) is 0 Å². The summed E-state index contributed by atoms with van der Waals surface area (Å²) in [5.74, 6) is -1.69. The first-order valence-corrected chi connectivity index (χ1v) is 9.62. The lowest BCUT2D eigenvalue weighted by Gasteiger charge is -2.15. The molecule has 0 aromatic heterocycles. The normalized spacial score (nSPS) is 11.9. The number of nitrogens with one attached hydrogen (secondary N) is 1. The number of ether oxygens (including phenoxy) is 2. The number of methoxy groups -OCH3 is 1. The number of nitrogens with zero attached hydrogens (tertiary/aromatic N) is 1. The van der Waals surface area contributed by atoms with Crippen LogP contribution in [0.4, 0.5) is 16.2 Å². The first kappa shape index (κ1) is 20.9. The van der Waals surface area contributed by atoms with E-state index in [1.165, 1.54) is 7.11 Å². The lowest BCUT2D eigenvalue weighted by Crippen LogP contribution is -2.19. The maximum absolute atomic E-state index is 12.5. The number of carbonyl (C=O) groups is 2. The number of fused-ring (bicyclic) bond motifs is 3. The summed E-state index contributed by atoms with van der Waals surface area (Å²) in [5, 5.41) is 23.0. The van der Waals surface area contributed by atoms with E-state index in [0.717, 1.165) is 34.4 Å². The predicted octanol–water partition coefficient (Wildman–Crippen LogP) is 4.66. The third-order valence-electron chi connectivity index (χ3n) is 5.33. The molecule has 0 saturated carbocycles. The van der Waals surface area contributed by atoms with E-state index in [1.54, 1.807) is 0 Å². The van der Waals surface area contributed by atoms with Crippen molar-refractivity contribution in [3.8, 4) is 16.9 Å². The summed E-state index contributed by atoms with van der Waals surface area (Å²) in [5.41, 5.74) is 2.99. The van der Waals surface area contributed by atoms with Crippen molar-refractivity contribution in [3.63, 3.8) is 0 Å². The van der Waals surface area contributed by atoms with Gasteiger partial charge in [0, 0.05) is 18.1 Å². The summed E-state index contributed by atoms with van der Waals surface area (Å²) >= 11 is 0. The van der Waals surface area contributed by atoms with Crippen LogP contribution in [0.1, 0.15) is 27.4 Å². The van der Waals surface area contributed by atoms with Gasteiger partial charge >= 0.3 is 12.1 Å². The molecule has 162 valence electrons. The molecule has 1 aliphatic carbocycles. The molecule has 3 aromatic carbocycles. The largest absolute Gasteiger partial charge is 0.496 e. The molecular formula is C23H18N2O7. The third kappa shape index (κ3) is 3.71. The summed E-state index contributed by atoms with van der Waals surface area (Å²) in [4.78, 5) is 34.4. The summed E-state index contributed by atoms with van der Waals surface area (Å²) in [6.07, 6.45) is -0.903. The van der Waals surface area contributed by atoms with Gasteiger partial charge in [-0.3, -0.25) is 15.4 Å². The van der Waals surface area contributed by atoms with Crippen LogP contribution in [-0.4, -0.2) is 35.8 Å². The molecule has 3 aromatic rings. The molecule has 0 aliphatic heterocycles. The van der Waals surface area contributed by atoms with Crippen molar-refractivity contribution in [3.05, 3.63) is 87.5 Å². The van der Waals surface area contributed by atoms with Crippen molar-refractivity contribution < 1.29 is 29.1 Å². The van der Waals surface area contributed by atoms with Gasteiger partial charge in [0.25, 0.3) is 5.69 Å². The summed E-state index contributed by atoms with van der Waals surface area (Å²) in [7, 11) is 1.23. The van der Waals surface area contributed by atoms with Crippen LogP contribution in [0, 0.1) is 10.1 Å². The van der Waals surface area contributed by atoms with Crippen LogP contribution in [0.15, 0.2) is 60.7 Å². The Kier molecular flexibility index (Phi) is 5.46. The second kappa shape index (κ2) is 8.38.